The lowest BCUT2D eigenvalue weighted by atomic mass is 9.89. The lowest BCUT2D eigenvalue weighted by Gasteiger charge is -2.21. The summed E-state index contributed by atoms with van der Waals surface area (Å²) in [5.41, 5.74) is 6.50. The van der Waals surface area contributed by atoms with Gasteiger partial charge in [0, 0.05) is 28.0 Å². The van der Waals surface area contributed by atoms with Crippen molar-refractivity contribution in [2.75, 3.05) is 32.0 Å². The molecular weight excluding hydrogens is 535 g/mol. The van der Waals surface area contributed by atoms with Gasteiger partial charge in [-0.3, -0.25) is 4.21 Å². The predicted molar refractivity (Wildman–Crippen MR) is 158 cm³/mol. The van der Waals surface area contributed by atoms with Gasteiger partial charge in [0.15, 0.2) is 0 Å². The zero-order chi connectivity index (χ0) is 29.0. The van der Waals surface area contributed by atoms with E-state index in [-0.39, 0.29) is 17.3 Å². The van der Waals surface area contributed by atoms with Crippen molar-refractivity contribution in [3.8, 4) is 5.75 Å². The number of fused-ring (bicyclic) bond motifs is 1. The Hall–Kier alpha value is -2.42. The van der Waals surface area contributed by atoms with Crippen LogP contribution in [0.25, 0.3) is 11.1 Å². The number of phenols is 1. The van der Waals surface area contributed by atoms with Crippen LogP contribution >= 0.6 is 0 Å². The van der Waals surface area contributed by atoms with Gasteiger partial charge in [-0.2, -0.15) is 13.2 Å². The highest BCUT2D eigenvalue weighted by Gasteiger charge is 2.30. The molecule has 2 N–H and O–H groups in total. The van der Waals surface area contributed by atoms with E-state index in [2.05, 4.69) is 41.8 Å². The Kier molecular flexibility index (Phi) is 12.9. The number of aromatic hydroxyl groups is 1. The van der Waals surface area contributed by atoms with Crippen LogP contribution in [0.1, 0.15) is 74.5 Å². The molecule has 0 saturated heterocycles. The molecule has 2 aromatic carbocycles. The van der Waals surface area contributed by atoms with Crippen LogP contribution in [-0.4, -0.2) is 57.5 Å². The number of hydrogen-bond acceptors (Lipinski definition) is 4. The molecule has 0 aliphatic heterocycles. The second kappa shape index (κ2) is 16.1. The minimum atomic E-state index is -4.39. The van der Waals surface area contributed by atoms with Crippen LogP contribution in [0.3, 0.4) is 0 Å². The van der Waals surface area contributed by atoms with Crippen LogP contribution in [0.2, 0.25) is 0 Å². The highest BCUT2D eigenvalue weighted by Crippen LogP contribution is 2.39. The molecule has 0 bridgehead atoms. The molecule has 0 heterocycles. The summed E-state index contributed by atoms with van der Waals surface area (Å²) in [6.45, 7) is 5.22. The van der Waals surface area contributed by atoms with E-state index < -0.39 is 23.4 Å². The van der Waals surface area contributed by atoms with Gasteiger partial charge in [-0.1, -0.05) is 55.8 Å². The van der Waals surface area contributed by atoms with Crippen molar-refractivity contribution >= 4 is 21.9 Å². The summed E-state index contributed by atoms with van der Waals surface area (Å²) < 4.78 is 49.6. The fourth-order valence-corrected chi connectivity index (χ4v) is 6.43. The van der Waals surface area contributed by atoms with Crippen LogP contribution in [0.4, 0.5) is 13.2 Å². The lowest BCUT2D eigenvalue weighted by Crippen LogP contribution is -2.30. The summed E-state index contributed by atoms with van der Waals surface area (Å²) in [5.74, 6) is 0.459. The molecular formula is C32H42F3NO3S. The number of benzene rings is 2. The minimum absolute atomic E-state index is 0.00918. The Labute approximate surface area is 239 Å². The molecule has 2 aromatic rings. The van der Waals surface area contributed by atoms with Gasteiger partial charge in [-0.05, 0) is 98.0 Å². The van der Waals surface area contributed by atoms with E-state index in [4.69, 9.17) is 0 Å². The third-order valence-corrected chi connectivity index (χ3v) is 8.81. The second-order valence-electron chi connectivity index (χ2n) is 10.5. The van der Waals surface area contributed by atoms with Crippen molar-refractivity contribution in [3.63, 3.8) is 0 Å². The summed E-state index contributed by atoms with van der Waals surface area (Å²) in [5, 5.41) is 19.5. The van der Waals surface area contributed by atoms with Crippen molar-refractivity contribution in [3.05, 3.63) is 76.7 Å². The lowest BCUT2D eigenvalue weighted by molar-refractivity contribution is -0.125. The Morgan fingerprint density at radius 1 is 0.950 bits per heavy atom. The molecule has 1 unspecified atom stereocenters. The molecule has 0 saturated carbocycles. The average molecular weight is 578 g/mol. The zero-order valence-electron chi connectivity index (χ0n) is 23.2. The maximum Gasteiger partial charge on any atom is 0.393 e. The molecule has 3 rings (SSSR count). The smallest absolute Gasteiger partial charge is 0.393 e. The van der Waals surface area contributed by atoms with Crippen LogP contribution in [0.15, 0.2) is 60.0 Å². The van der Waals surface area contributed by atoms with E-state index in [1.165, 1.54) is 27.8 Å². The molecule has 40 heavy (non-hydrogen) atoms. The SMILES string of the molecule is C=C(CC(F)(F)F)S(=O)CCCN(CCO)CCCCCCC1=C(c2ccccc2)CCCc2cc(O)ccc21. The maximum atomic E-state index is 12.5. The number of allylic oxidation sites excluding steroid dienone is 3. The first-order chi connectivity index (χ1) is 19.2. The van der Waals surface area contributed by atoms with E-state index in [1.54, 1.807) is 6.07 Å². The summed E-state index contributed by atoms with van der Waals surface area (Å²) in [6, 6.07) is 16.3. The standard InChI is InChI=1S/C32H42F3NO3S/c1-25(24-32(33,34)35)40(39)22-10-19-36(20-21-37)18-8-3-2-7-14-31-29(26-11-5-4-6-12-26)15-9-13-27-23-28(38)16-17-30(27)31/h4-6,11-12,16-17,23,37-38H,1-3,7-10,13-15,18-22,24H2. The summed E-state index contributed by atoms with van der Waals surface area (Å²) in [7, 11) is -1.70. The van der Waals surface area contributed by atoms with Crippen molar-refractivity contribution in [2.45, 2.75) is 70.4 Å². The highest BCUT2D eigenvalue weighted by molar-refractivity contribution is 7.88. The number of halogens is 3. The molecule has 0 spiro atoms. The fraction of sp³-hybridized carbons (Fsp3) is 0.500. The molecule has 0 aromatic heterocycles. The van der Waals surface area contributed by atoms with Crippen LogP contribution in [-0.2, 0) is 17.2 Å². The van der Waals surface area contributed by atoms with Gasteiger partial charge in [-0.25, -0.2) is 0 Å². The molecule has 1 aliphatic carbocycles. The Bertz CT molecular complexity index is 1150. The van der Waals surface area contributed by atoms with Crippen LogP contribution < -0.4 is 0 Å². The number of aliphatic hydroxyl groups is 1. The average Bonchev–Trinajstić information content (AvgIpc) is 3.08. The van der Waals surface area contributed by atoms with Gasteiger partial charge in [0.05, 0.1) is 13.0 Å². The second-order valence-corrected chi connectivity index (χ2v) is 12.2. The third-order valence-electron chi connectivity index (χ3n) is 7.36. The fourth-order valence-electron chi connectivity index (χ4n) is 5.43. The summed E-state index contributed by atoms with van der Waals surface area (Å²) in [4.78, 5) is 1.81. The van der Waals surface area contributed by atoms with Gasteiger partial charge < -0.3 is 15.1 Å². The Morgan fingerprint density at radius 2 is 1.68 bits per heavy atom. The minimum Gasteiger partial charge on any atom is -0.508 e. The number of nitrogens with zero attached hydrogens (tertiary/aromatic N) is 1. The largest absolute Gasteiger partial charge is 0.508 e. The van der Waals surface area contributed by atoms with Crippen molar-refractivity contribution in [2.24, 2.45) is 0 Å². The third kappa shape index (κ3) is 10.5. The monoisotopic (exact) mass is 577 g/mol. The van der Waals surface area contributed by atoms with Gasteiger partial charge in [0.2, 0.25) is 0 Å². The highest BCUT2D eigenvalue weighted by atomic mass is 32.2. The van der Waals surface area contributed by atoms with Crippen molar-refractivity contribution in [1.82, 2.24) is 4.90 Å². The van der Waals surface area contributed by atoms with Crippen molar-refractivity contribution < 1.29 is 27.6 Å². The maximum absolute atomic E-state index is 12.5. The summed E-state index contributed by atoms with van der Waals surface area (Å²) >= 11 is 0. The van der Waals surface area contributed by atoms with E-state index in [0.717, 1.165) is 57.9 Å². The Morgan fingerprint density at radius 3 is 2.40 bits per heavy atom. The van der Waals surface area contributed by atoms with Gasteiger partial charge in [-0.15, -0.1) is 0 Å². The van der Waals surface area contributed by atoms with E-state index in [1.807, 2.05) is 12.1 Å². The van der Waals surface area contributed by atoms with Crippen LogP contribution in [0, 0.1) is 0 Å². The number of hydrogen-bond donors (Lipinski definition) is 2. The molecule has 0 radical (unpaired) electrons. The first kappa shape index (κ1) is 32.1. The van der Waals surface area contributed by atoms with Gasteiger partial charge in [0.1, 0.15) is 5.75 Å². The van der Waals surface area contributed by atoms with Gasteiger partial charge in [0.25, 0.3) is 0 Å². The first-order valence-corrected chi connectivity index (χ1v) is 15.6. The molecule has 1 atom stereocenters. The number of aryl methyl sites for hydroxylation is 1. The predicted octanol–water partition coefficient (Wildman–Crippen LogP) is 7.49. The molecule has 220 valence electrons. The van der Waals surface area contributed by atoms with E-state index in [0.29, 0.717) is 25.3 Å². The number of unbranched alkanes of at least 4 members (excludes halogenated alkanes) is 3. The van der Waals surface area contributed by atoms with E-state index in [9.17, 15) is 27.6 Å². The molecule has 8 heteroatoms. The molecule has 4 nitrogen and oxygen atoms in total. The molecule has 1 aliphatic rings. The van der Waals surface area contributed by atoms with Crippen LogP contribution in [0.5, 0.6) is 5.75 Å². The quantitative estimate of drug-likeness (QED) is 0.203. The number of alkyl halides is 3. The number of aliphatic hydroxyl groups excluding tert-OH is 1. The normalized spacial score (nSPS) is 14.7. The Balaban J connectivity index is 1.49. The molecule has 0 fully saturated rings. The number of rotatable bonds is 16. The summed E-state index contributed by atoms with van der Waals surface area (Å²) in [6.07, 6.45) is 2.98. The zero-order valence-corrected chi connectivity index (χ0v) is 24.0. The first-order valence-electron chi connectivity index (χ1n) is 14.2. The van der Waals surface area contributed by atoms with Gasteiger partial charge >= 0.3 is 6.18 Å². The topological polar surface area (TPSA) is 60.8 Å². The number of phenolic OH excluding ortho intramolecular Hbond substituents is 1. The van der Waals surface area contributed by atoms with Crippen molar-refractivity contribution in [1.29, 1.82) is 0 Å². The molecule has 0 amide bonds. The van der Waals surface area contributed by atoms with E-state index >= 15 is 0 Å².